The van der Waals surface area contributed by atoms with Crippen LogP contribution in [0.2, 0.25) is 0 Å². The van der Waals surface area contributed by atoms with E-state index in [0.29, 0.717) is 25.3 Å². The van der Waals surface area contributed by atoms with E-state index in [2.05, 4.69) is 5.32 Å². The van der Waals surface area contributed by atoms with Gasteiger partial charge in [0.2, 0.25) is 11.8 Å². The van der Waals surface area contributed by atoms with Crippen molar-refractivity contribution in [2.24, 2.45) is 11.7 Å². The third-order valence-corrected chi connectivity index (χ3v) is 3.34. The maximum atomic E-state index is 11.9. The molecule has 1 aliphatic rings. The van der Waals surface area contributed by atoms with E-state index < -0.39 is 6.04 Å². The van der Waals surface area contributed by atoms with E-state index in [9.17, 15) is 9.59 Å². The number of halogens is 1. The third-order valence-electron chi connectivity index (χ3n) is 3.34. The largest absolute Gasteiger partial charge is 0.350 e. The summed E-state index contributed by atoms with van der Waals surface area (Å²) in [6.07, 6.45) is 1.03. The van der Waals surface area contributed by atoms with Gasteiger partial charge in [-0.1, -0.05) is 13.8 Å². The van der Waals surface area contributed by atoms with Gasteiger partial charge in [-0.25, -0.2) is 0 Å². The quantitative estimate of drug-likeness (QED) is 0.822. The molecule has 0 aliphatic carbocycles. The predicted octanol–water partition coefficient (Wildman–Crippen LogP) is 1.30. The zero-order valence-electron chi connectivity index (χ0n) is 13.1. The Morgan fingerprint density at radius 3 is 2.40 bits per heavy atom. The first-order valence-electron chi connectivity index (χ1n) is 6.97. The highest BCUT2D eigenvalue weighted by Crippen LogP contribution is 2.21. The lowest BCUT2D eigenvalue weighted by Gasteiger charge is -2.32. The average molecular weight is 306 g/mol. The average Bonchev–Trinajstić information content (AvgIpc) is 2.57. The third kappa shape index (κ3) is 5.29. The van der Waals surface area contributed by atoms with Gasteiger partial charge in [0.15, 0.2) is 0 Å². The molecule has 0 bridgehead atoms. The summed E-state index contributed by atoms with van der Waals surface area (Å²) in [6.45, 7) is 10.6. The second kappa shape index (κ2) is 7.27. The summed E-state index contributed by atoms with van der Waals surface area (Å²) in [5, 5.41) is 2.89. The second-order valence-electron chi connectivity index (χ2n) is 6.82. The molecule has 0 aromatic heterocycles. The molecule has 1 fully saturated rings. The molecule has 1 unspecified atom stereocenters. The number of amides is 2. The van der Waals surface area contributed by atoms with Crippen molar-refractivity contribution in [3.63, 3.8) is 0 Å². The molecule has 0 radical (unpaired) electrons. The van der Waals surface area contributed by atoms with Crippen molar-refractivity contribution in [2.75, 3.05) is 6.54 Å². The molecule has 0 aromatic carbocycles. The SMILES string of the molecule is CC(C)C[C@H](N)C(=O)NC1CC(=O)N(C(C)(C)C)C1.Cl. The molecular weight excluding hydrogens is 278 g/mol. The Morgan fingerprint density at radius 2 is 2.00 bits per heavy atom. The lowest BCUT2D eigenvalue weighted by molar-refractivity contribution is -0.131. The van der Waals surface area contributed by atoms with E-state index in [0.717, 1.165) is 0 Å². The topological polar surface area (TPSA) is 75.4 Å². The van der Waals surface area contributed by atoms with Crippen molar-refractivity contribution in [1.82, 2.24) is 10.2 Å². The Labute approximate surface area is 128 Å². The number of rotatable bonds is 4. The number of nitrogens with two attached hydrogens (primary N) is 1. The molecule has 118 valence electrons. The highest BCUT2D eigenvalue weighted by Gasteiger charge is 2.37. The molecule has 5 nitrogen and oxygen atoms in total. The molecule has 1 saturated heterocycles. The Morgan fingerprint density at radius 1 is 1.45 bits per heavy atom. The fraction of sp³-hybridized carbons (Fsp3) is 0.857. The van der Waals surface area contributed by atoms with Crippen LogP contribution in [0.25, 0.3) is 0 Å². The van der Waals surface area contributed by atoms with Crippen molar-refractivity contribution in [2.45, 2.75) is 65.1 Å². The number of carbonyl (C=O) groups is 2. The van der Waals surface area contributed by atoms with Gasteiger partial charge in [-0.3, -0.25) is 9.59 Å². The lowest BCUT2D eigenvalue weighted by atomic mass is 10.0. The molecule has 1 heterocycles. The summed E-state index contributed by atoms with van der Waals surface area (Å²) in [6, 6.07) is -0.601. The first-order valence-corrected chi connectivity index (χ1v) is 6.97. The number of nitrogens with zero attached hydrogens (tertiary/aromatic N) is 1. The minimum atomic E-state index is -0.487. The van der Waals surface area contributed by atoms with Gasteiger partial charge in [-0.05, 0) is 33.1 Å². The monoisotopic (exact) mass is 305 g/mol. The van der Waals surface area contributed by atoms with E-state index in [4.69, 9.17) is 5.73 Å². The van der Waals surface area contributed by atoms with Gasteiger partial charge < -0.3 is 16.0 Å². The first-order chi connectivity index (χ1) is 8.61. The van der Waals surface area contributed by atoms with Gasteiger partial charge >= 0.3 is 0 Å². The van der Waals surface area contributed by atoms with E-state index in [-0.39, 0.29) is 35.8 Å². The Bertz CT molecular complexity index is 353. The molecule has 0 aromatic rings. The maximum absolute atomic E-state index is 11.9. The summed E-state index contributed by atoms with van der Waals surface area (Å²) in [5.74, 6) is 0.328. The van der Waals surface area contributed by atoms with Gasteiger partial charge in [-0.2, -0.15) is 0 Å². The number of nitrogens with one attached hydrogen (secondary N) is 1. The highest BCUT2D eigenvalue weighted by atomic mass is 35.5. The number of carbonyl (C=O) groups excluding carboxylic acids is 2. The Hall–Kier alpha value is -0.810. The molecule has 1 rings (SSSR count). The molecule has 0 spiro atoms. The Kier molecular flexibility index (Phi) is 6.98. The van der Waals surface area contributed by atoms with E-state index in [1.165, 1.54) is 0 Å². The van der Waals surface area contributed by atoms with E-state index >= 15 is 0 Å². The summed E-state index contributed by atoms with van der Waals surface area (Å²) in [5.41, 5.74) is 5.64. The molecular formula is C14H28ClN3O2. The van der Waals surface area contributed by atoms with Crippen LogP contribution in [0.1, 0.15) is 47.5 Å². The number of hydrogen-bond acceptors (Lipinski definition) is 3. The van der Waals surface area contributed by atoms with Gasteiger partial charge in [-0.15, -0.1) is 12.4 Å². The van der Waals surface area contributed by atoms with Crippen LogP contribution in [0.3, 0.4) is 0 Å². The summed E-state index contributed by atoms with van der Waals surface area (Å²) in [7, 11) is 0. The molecule has 20 heavy (non-hydrogen) atoms. The fourth-order valence-corrected chi connectivity index (χ4v) is 2.38. The van der Waals surface area contributed by atoms with Crippen LogP contribution in [-0.2, 0) is 9.59 Å². The number of likely N-dealkylation sites (tertiary alicyclic amines) is 1. The van der Waals surface area contributed by atoms with Crippen molar-refractivity contribution in [1.29, 1.82) is 0 Å². The molecule has 3 N–H and O–H groups in total. The smallest absolute Gasteiger partial charge is 0.237 e. The van der Waals surface area contributed by atoms with Crippen LogP contribution in [0, 0.1) is 5.92 Å². The van der Waals surface area contributed by atoms with Crippen LogP contribution < -0.4 is 11.1 Å². The second-order valence-corrected chi connectivity index (χ2v) is 6.82. The molecule has 6 heteroatoms. The minimum absolute atomic E-state index is 0. The van der Waals surface area contributed by atoms with E-state index in [1.54, 1.807) is 0 Å². The van der Waals surface area contributed by atoms with Crippen molar-refractivity contribution in [3.8, 4) is 0 Å². The number of hydrogen-bond donors (Lipinski definition) is 2. The normalized spacial score (nSPS) is 20.9. The Balaban J connectivity index is 0.00000361. The molecule has 2 atom stereocenters. The highest BCUT2D eigenvalue weighted by molar-refractivity contribution is 5.85. The zero-order chi connectivity index (χ0) is 14.8. The van der Waals surface area contributed by atoms with Gasteiger partial charge in [0.05, 0.1) is 12.1 Å². The van der Waals surface area contributed by atoms with Gasteiger partial charge in [0.1, 0.15) is 0 Å². The van der Waals surface area contributed by atoms with Crippen LogP contribution in [0.4, 0.5) is 0 Å². The van der Waals surface area contributed by atoms with Crippen LogP contribution in [0.15, 0.2) is 0 Å². The van der Waals surface area contributed by atoms with Crippen molar-refractivity contribution in [3.05, 3.63) is 0 Å². The fourth-order valence-electron chi connectivity index (χ4n) is 2.38. The predicted molar refractivity (Wildman–Crippen MR) is 82.7 cm³/mol. The van der Waals surface area contributed by atoms with Crippen LogP contribution in [-0.4, -0.2) is 40.9 Å². The van der Waals surface area contributed by atoms with Gasteiger partial charge in [0, 0.05) is 18.5 Å². The molecule has 0 saturated carbocycles. The summed E-state index contributed by atoms with van der Waals surface area (Å²) >= 11 is 0. The molecule has 1 aliphatic heterocycles. The van der Waals surface area contributed by atoms with Crippen LogP contribution in [0.5, 0.6) is 0 Å². The lowest BCUT2D eigenvalue weighted by Crippen LogP contribution is -2.48. The zero-order valence-corrected chi connectivity index (χ0v) is 13.9. The molecule has 2 amide bonds. The summed E-state index contributed by atoms with van der Waals surface area (Å²) in [4.78, 5) is 25.6. The standard InChI is InChI=1S/C14H27N3O2.ClH/c1-9(2)6-11(15)13(19)16-10-7-12(18)17(8-10)14(3,4)5;/h9-11H,6-8,15H2,1-5H3,(H,16,19);1H/t10?,11-;/m0./s1. The van der Waals surface area contributed by atoms with Gasteiger partial charge in [0.25, 0.3) is 0 Å². The first kappa shape index (κ1) is 19.2. The minimum Gasteiger partial charge on any atom is -0.350 e. The van der Waals surface area contributed by atoms with Crippen LogP contribution >= 0.6 is 12.4 Å². The maximum Gasteiger partial charge on any atom is 0.237 e. The van der Waals surface area contributed by atoms with Crippen molar-refractivity contribution >= 4 is 24.2 Å². The van der Waals surface area contributed by atoms with Crippen molar-refractivity contribution < 1.29 is 9.59 Å². The van der Waals surface area contributed by atoms with E-state index in [1.807, 2.05) is 39.5 Å². The summed E-state index contributed by atoms with van der Waals surface area (Å²) < 4.78 is 0.